The second-order valence-corrected chi connectivity index (χ2v) is 6.70. The van der Waals surface area contributed by atoms with E-state index >= 15 is 0 Å². The fourth-order valence-electron chi connectivity index (χ4n) is 3.43. The number of nitrogens with zero attached hydrogens (tertiary/aromatic N) is 1. The van der Waals surface area contributed by atoms with E-state index in [-0.39, 0.29) is 19.1 Å². The summed E-state index contributed by atoms with van der Waals surface area (Å²) in [4.78, 5) is 37.8. The molecule has 1 aliphatic rings. The summed E-state index contributed by atoms with van der Waals surface area (Å²) in [6, 6.07) is 18.0. The predicted molar refractivity (Wildman–Crippen MR) is 102 cm³/mol. The van der Waals surface area contributed by atoms with E-state index in [1.165, 1.54) is 0 Å². The quantitative estimate of drug-likeness (QED) is 0.798. The van der Waals surface area contributed by atoms with Crippen LogP contribution in [-0.2, 0) is 9.53 Å². The molecule has 7 heteroatoms. The second-order valence-electron chi connectivity index (χ2n) is 6.70. The maximum atomic E-state index is 13.4. The molecule has 0 aliphatic carbocycles. The van der Waals surface area contributed by atoms with Crippen LogP contribution < -0.4 is 5.32 Å². The molecule has 2 aromatic carbocycles. The number of carboxylic acid groups (broad SMARTS) is 1. The molecule has 2 aromatic rings. The van der Waals surface area contributed by atoms with Crippen molar-refractivity contribution >= 4 is 18.1 Å². The summed E-state index contributed by atoms with van der Waals surface area (Å²) >= 11 is 0. The molecule has 0 radical (unpaired) electrons. The fourth-order valence-corrected chi connectivity index (χ4v) is 3.43. The van der Waals surface area contributed by atoms with Crippen LogP contribution >= 0.6 is 0 Å². The van der Waals surface area contributed by atoms with Crippen LogP contribution in [-0.4, -0.2) is 41.3 Å². The van der Waals surface area contributed by atoms with Crippen molar-refractivity contribution in [3.05, 3.63) is 71.8 Å². The largest absolute Gasteiger partial charge is 0.465 e. The number of benzene rings is 2. The number of carbonyl (C=O) groups is 3. The van der Waals surface area contributed by atoms with E-state index < -0.39 is 30.1 Å². The van der Waals surface area contributed by atoms with Gasteiger partial charge < -0.3 is 15.2 Å². The minimum atomic E-state index is -1.22. The molecular weight excluding hydrogens is 360 g/mol. The lowest BCUT2D eigenvalue weighted by Gasteiger charge is -2.29. The first-order chi connectivity index (χ1) is 13.5. The first kappa shape index (κ1) is 19.4. The molecule has 1 heterocycles. The van der Waals surface area contributed by atoms with Crippen molar-refractivity contribution in [3.63, 3.8) is 0 Å². The van der Waals surface area contributed by atoms with E-state index in [1.54, 1.807) is 0 Å². The summed E-state index contributed by atoms with van der Waals surface area (Å²) in [6.07, 6.45) is -1.93. The van der Waals surface area contributed by atoms with Gasteiger partial charge in [0.15, 0.2) is 0 Å². The van der Waals surface area contributed by atoms with Crippen LogP contribution in [0.3, 0.4) is 0 Å². The molecule has 2 N–H and O–H groups in total. The van der Waals surface area contributed by atoms with Crippen LogP contribution in [0.15, 0.2) is 60.7 Å². The van der Waals surface area contributed by atoms with E-state index in [4.69, 9.17) is 9.84 Å². The number of imide groups is 1. The predicted octanol–water partition coefficient (Wildman–Crippen LogP) is 3.39. The average Bonchev–Trinajstić information content (AvgIpc) is 3.10. The van der Waals surface area contributed by atoms with Crippen molar-refractivity contribution in [3.8, 4) is 0 Å². The Morgan fingerprint density at radius 3 is 2.36 bits per heavy atom. The van der Waals surface area contributed by atoms with Gasteiger partial charge in [-0.2, -0.15) is 0 Å². The Balaban J connectivity index is 1.90. The Hall–Kier alpha value is -3.35. The zero-order chi connectivity index (χ0) is 20.1. The van der Waals surface area contributed by atoms with Crippen molar-refractivity contribution in [2.45, 2.75) is 18.9 Å². The highest BCUT2D eigenvalue weighted by molar-refractivity contribution is 5.95. The van der Waals surface area contributed by atoms with Gasteiger partial charge in [-0.3, -0.25) is 4.79 Å². The molecule has 3 atom stereocenters. The number of carbonyl (C=O) groups excluding carboxylic acids is 2. The molecule has 1 saturated heterocycles. The maximum absolute atomic E-state index is 13.4. The van der Waals surface area contributed by atoms with E-state index in [0.29, 0.717) is 0 Å². The Kier molecular flexibility index (Phi) is 5.93. The highest BCUT2D eigenvalue weighted by Crippen LogP contribution is 2.33. The molecule has 146 valence electrons. The normalized spacial score (nSPS) is 18.2. The lowest BCUT2D eigenvalue weighted by Crippen LogP contribution is -2.44. The summed E-state index contributed by atoms with van der Waals surface area (Å²) in [7, 11) is 0. The number of amides is 3. The lowest BCUT2D eigenvalue weighted by molar-refractivity contribution is -0.134. The Labute approximate surface area is 162 Å². The SMILES string of the molecule is CC(c1ccccc1)C(CNC(=O)O)C(=O)N1C(=O)OC[C@H]1c1ccccc1. The van der Waals surface area contributed by atoms with Crippen LogP contribution in [0.4, 0.5) is 9.59 Å². The summed E-state index contributed by atoms with van der Waals surface area (Å²) in [5.41, 5.74) is 1.68. The van der Waals surface area contributed by atoms with Crippen molar-refractivity contribution in [2.75, 3.05) is 13.2 Å². The maximum Gasteiger partial charge on any atom is 0.417 e. The molecule has 28 heavy (non-hydrogen) atoms. The van der Waals surface area contributed by atoms with Crippen molar-refractivity contribution in [2.24, 2.45) is 5.92 Å². The van der Waals surface area contributed by atoms with Gasteiger partial charge in [0.1, 0.15) is 12.6 Å². The van der Waals surface area contributed by atoms with Crippen molar-refractivity contribution in [1.29, 1.82) is 0 Å². The van der Waals surface area contributed by atoms with Gasteiger partial charge in [0, 0.05) is 6.54 Å². The van der Waals surface area contributed by atoms with Gasteiger partial charge in [-0.1, -0.05) is 67.6 Å². The van der Waals surface area contributed by atoms with Crippen LogP contribution in [0.5, 0.6) is 0 Å². The molecule has 0 aromatic heterocycles. The highest BCUT2D eigenvalue weighted by atomic mass is 16.6. The third kappa shape index (κ3) is 4.14. The standard InChI is InChI=1S/C21H22N2O5/c1-14(15-8-4-2-5-9-15)17(12-22-20(25)26)19(24)23-18(13-28-21(23)27)16-10-6-3-7-11-16/h2-11,14,17-18,22H,12-13H2,1H3,(H,25,26)/t14?,17?,18-/m0/s1. The summed E-state index contributed by atoms with van der Waals surface area (Å²) in [5, 5.41) is 11.3. The molecule has 1 aliphatic heterocycles. The highest BCUT2D eigenvalue weighted by Gasteiger charge is 2.43. The second kappa shape index (κ2) is 8.56. The number of rotatable bonds is 6. The molecule has 0 spiro atoms. The molecule has 3 rings (SSSR count). The van der Waals surface area contributed by atoms with Gasteiger partial charge in [0.25, 0.3) is 0 Å². The summed E-state index contributed by atoms with van der Waals surface area (Å²) in [5.74, 6) is -1.51. The minimum absolute atomic E-state index is 0.0768. The average molecular weight is 382 g/mol. The van der Waals surface area contributed by atoms with Crippen LogP contribution in [0.1, 0.15) is 30.0 Å². The van der Waals surface area contributed by atoms with Gasteiger partial charge in [-0.15, -0.1) is 0 Å². The van der Waals surface area contributed by atoms with Crippen LogP contribution in [0.25, 0.3) is 0 Å². The third-order valence-electron chi connectivity index (χ3n) is 5.01. The van der Waals surface area contributed by atoms with Gasteiger partial charge in [-0.25, -0.2) is 14.5 Å². The van der Waals surface area contributed by atoms with Gasteiger partial charge in [-0.05, 0) is 17.0 Å². The smallest absolute Gasteiger partial charge is 0.417 e. The Morgan fingerprint density at radius 2 is 1.75 bits per heavy atom. The Morgan fingerprint density at radius 1 is 1.14 bits per heavy atom. The molecule has 0 saturated carbocycles. The number of nitrogens with one attached hydrogen (secondary N) is 1. The van der Waals surface area contributed by atoms with Crippen LogP contribution in [0.2, 0.25) is 0 Å². The topological polar surface area (TPSA) is 95.9 Å². The van der Waals surface area contributed by atoms with E-state index in [1.807, 2.05) is 67.6 Å². The Bertz CT molecular complexity index is 840. The molecule has 1 fully saturated rings. The van der Waals surface area contributed by atoms with Crippen LogP contribution in [0, 0.1) is 5.92 Å². The van der Waals surface area contributed by atoms with E-state index in [2.05, 4.69) is 5.32 Å². The molecule has 3 amide bonds. The lowest BCUT2D eigenvalue weighted by atomic mass is 9.86. The third-order valence-corrected chi connectivity index (χ3v) is 5.01. The van der Waals surface area contributed by atoms with Crippen molar-refractivity contribution < 1.29 is 24.2 Å². The van der Waals surface area contributed by atoms with E-state index in [9.17, 15) is 14.4 Å². The van der Waals surface area contributed by atoms with Crippen molar-refractivity contribution in [1.82, 2.24) is 10.2 Å². The zero-order valence-electron chi connectivity index (χ0n) is 15.4. The first-order valence-corrected chi connectivity index (χ1v) is 9.05. The zero-order valence-corrected chi connectivity index (χ0v) is 15.4. The summed E-state index contributed by atoms with van der Waals surface area (Å²) in [6.45, 7) is 1.82. The number of cyclic esters (lactones) is 1. The van der Waals surface area contributed by atoms with Gasteiger partial charge in [0.05, 0.1) is 5.92 Å². The summed E-state index contributed by atoms with van der Waals surface area (Å²) < 4.78 is 5.14. The number of hydrogen-bond donors (Lipinski definition) is 2. The fraction of sp³-hybridized carbons (Fsp3) is 0.286. The minimum Gasteiger partial charge on any atom is -0.465 e. The van der Waals surface area contributed by atoms with E-state index in [0.717, 1.165) is 16.0 Å². The number of hydrogen-bond acceptors (Lipinski definition) is 4. The van der Waals surface area contributed by atoms with Gasteiger partial charge >= 0.3 is 12.2 Å². The number of ether oxygens (including phenoxy) is 1. The molecular formula is C21H22N2O5. The van der Waals surface area contributed by atoms with Gasteiger partial charge in [0.2, 0.25) is 5.91 Å². The molecule has 2 unspecified atom stereocenters. The monoisotopic (exact) mass is 382 g/mol. The molecule has 0 bridgehead atoms. The molecule has 7 nitrogen and oxygen atoms in total. The first-order valence-electron chi connectivity index (χ1n) is 9.05.